The lowest BCUT2D eigenvalue weighted by molar-refractivity contribution is 0.0980. The Morgan fingerprint density at radius 1 is 1.11 bits per heavy atom. The molecule has 1 amide bonds. The average molecular weight is 400 g/mol. The van der Waals surface area contributed by atoms with Gasteiger partial charge in [-0.25, -0.2) is 0 Å². The van der Waals surface area contributed by atoms with E-state index in [9.17, 15) is 4.79 Å². The monoisotopic (exact) mass is 399 g/mol. The van der Waals surface area contributed by atoms with Gasteiger partial charge in [0.05, 0.1) is 21.9 Å². The Morgan fingerprint density at radius 2 is 1.89 bits per heavy atom. The van der Waals surface area contributed by atoms with E-state index in [2.05, 4.69) is 4.98 Å². The molecule has 0 atom stereocenters. The van der Waals surface area contributed by atoms with Gasteiger partial charge in [-0.3, -0.25) is 9.78 Å². The van der Waals surface area contributed by atoms with Gasteiger partial charge in [-0.2, -0.15) is 0 Å². The van der Waals surface area contributed by atoms with E-state index in [0.717, 1.165) is 11.3 Å². The third-order valence-electron chi connectivity index (χ3n) is 4.36. The Morgan fingerprint density at radius 3 is 2.59 bits per heavy atom. The molecule has 0 saturated carbocycles. The molecule has 1 aliphatic heterocycles. The number of nitrogens with two attached hydrogens (primary N) is 1. The molecule has 0 radical (unpaired) electrons. The largest absolute Gasteiger partial charge is 0.454 e. The van der Waals surface area contributed by atoms with Crippen LogP contribution in [-0.4, -0.2) is 17.4 Å². The van der Waals surface area contributed by atoms with Crippen molar-refractivity contribution in [2.24, 2.45) is 0 Å². The van der Waals surface area contributed by atoms with Gasteiger partial charge in [0.15, 0.2) is 5.75 Å². The Labute approximate surface area is 166 Å². The van der Waals surface area contributed by atoms with Gasteiger partial charge < -0.3 is 15.4 Å². The number of carbonyl (C=O) groups excluding carboxylic acids is 1. The molecule has 4 rings (SSSR count). The van der Waals surface area contributed by atoms with Crippen LogP contribution >= 0.6 is 23.2 Å². The Bertz CT molecular complexity index is 1000. The predicted molar refractivity (Wildman–Crippen MR) is 107 cm³/mol. The summed E-state index contributed by atoms with van der Waals surface area (Å²) in [5.74, 6) is 0.843. The topological polar surface area (TPSA) is 68.5 Å². The molecule has 5 nitrogen and oxygen atoms in total. The molecule has 1 aliphatic rings. The number of hydrogen-bond donors (Lipinski definition) is 1. The van der Waals surface area contributed by atoms with Crippen molar-refractivity contribution in [1.82, 2.24) is 4.98 Å². The van der Waals surface area contributed by atoms with Crippen LogP contribution in [0.1, 0.15) is 15.9 Å². The first-order valence-electron chi connectivity index (χ1n) is 8.30. The van der Waals surface area contributed by atoms with Crippen molar-refractivity contribution in [1.29, 1.82) is 0 Å². The number of fused-ring (bicyclic) bond motifs is 1. The number of amides is 1. The molecule has 0 bridgehead atoms. The molecular formula is C20H15Cl2N3O2. The van der Waals surface area contributed by atoms with E-state index in [-0.39, 0.29) is 5.91 Å². The summed E-state index contributed by atoms with van der Waals surface area (Å²) in [5.41, 5.74) is 8.53. The number of halogens is 2. The van der Waals surface area contributed by atoms with Gasteiger partial charge in [0, 0.05) is 24.0 Å². The number of hydrogen-bond acceptors (Lipinski definition) is 4. The van der Waals surface area contributed by atoms with E-state index in [1.165, 1.54) is 0 Å². The summed E-state index contributed by atoms with van der Waals surface area (Å²) in [7, 11) is 0. The summed E-state index contributed by atoms with van der Waals surface area (Å²) < 4.78 is 5.85. The minimum Gasteiger partial charge on any atom is -0.454 e. The van der Waals surface area contributed by atoms with Gasteiger partial charge in [0.1, 0.15) is 5.75 Å². The van der Waals surface area contributed by atoms with Crippen molar-refractivity contribution in [3.8, 4) is 11.5 Å². The third-order valence-corrected chi connectivity index (χ3v) is 4.92. The SMILES string of the molecule is Nc1cc(Cl)c(Oc2ccc3c(c2)CCN(c2cccnc2)C3=O)c(Cl)c1. The molecule has 27 heavy (non-hydrogen) atoms. The number of nitrogen functional groups attached to an aromatic ring is 1. The van der Waals surface area contributed by atoms with Crippen molar-refractivity contribution in [2.75, 3.05) is 17.2 Å². The second-order valence-corrected chi connectivity index (χ2v) is 6.97. The van der Waals surface area contributed by atoms with Crippen LogP contribution in [0.25, 0.3) is 0 Å². The molecule has 2 N–H and O–H groups in total. The molecule has 0 fully saturated rings. The number of anilines is 2. The average Bonchev–Trinajstić information content (AvgIpc) is 2.65. The summed E-state index contributed by atoms with van der Waals surface area (Å²) in [5, 5.41) is 0.660. The number of pyridine rings is 1. The highest BCUT2D eigenvalue weighted by atomic mass is 35.5. The number of rotatable bonds is 3. The maximum Gasteiger partial charge on any atom is 0.258 e. The van der Waals surface area contributed by atoms with Gasteiger partial charge >= 0.3 is 0 Å². The highest BCUT2D eigenvalue weighted by molar-refractivity contribution is 6.37. The number of benzene rings is 2. The van der Waals surface area contributed by atoms with Gasteiger partial charge in [0.2, 0.25) is 0 Å². The Balaban J connectivity index is 1.62. The summed E-state index contributed by atoms with van der Waals surface area (Å²) in [6.45, 7) is 0.574. The highest BCUT2D eigenvalue weighted by Gasteiger charge is 2.26. The van der Waals surface area contributed by atoms with E-state index in [4.69, 9.17) is 33.7 Å². The minimum atomic E-state index is -0.0562. The molecule has 0 spiro atoms. The van der Waals surface area contributed by atoms with Gasteiger partial charge in [-0.1, -0.05) is 23.2 Å². The number of carbonyl (C=O) groups is 1. The molecule has 136 valence electrons. The first kappa shape index (κ1) is 17.6. The van der Waals surface area contributed by atoms with Gasteiger partial charge in [-0.15, -0.1) is 0 Å². The van der Waals surface area contributed by atoms with Crippen LogP contribution in [0.3, 0.4) is 0 Å². The van der Waals surface area contributed by atoms with Crippen molar-refractivity contribution < 1.29 is 9.53 Å². The molecular weight excluding hydrogens is 385 g/mol. The van der Waals surface area contributed by atoms with Gasteiger partial charge in [-0.05, 0) is 54.4 Å². The second kappa shape index (κ2) is 7.10. The van der Waals surface area contributed by atoms with Crippen molar-refractivity contribution in [3.63, 3.8) is 0 Å². The molecule has 0 aliphatic carbocycles. The normalized spacial score (nSPS) is 13.4. The maximum absolute atomic E-state index is 12.8. The fourth-order valence-corrected chi connectivity index (χ4v) is 3.66. The van der Waals surface area contributed by atoms with Crippen LogP contribution in [0.5, 0.6) is 11.5 Å². The quantitative estimate of drug-likeness (QED) is 0.631. The highest BCUT2D eigenvalue weighted by Crippen LogP contribution is 2.39. The zero-order chi connectivity index (χ0) is 19.0. The van der Waals surface area contributed by atoms with Crippen LogP contribution in [0.2, 0.25) is 10.0 Å². The fourth-order valence-electron chi connectivity index (χ4n) is 3.08. The van der Waals surface area contributed by atoms with E-state index in [0.29, 0.717) is 45.8 Å². The zero-order valence-corrected chi connectivity index (χ0v) is 15.7. The Kier molecular flexibility index (Phi) is 4.64. The van der Waals surface area contributed by atoms with E-state index < -0.39 is 0 Å². The van der Waals surface area contributed by atoms with Crippen molar-refractivity contribution in [2.45, 2.75) is 6.42 Å². The minimum absolute atomic E-state index is 0.0562. The lowest BCUT2D eigenvalue weighted by atomic mass is 9.98. The molecule has 2 aromatic carbocycles. The van der Waals surface area contributed by atoms with E-state index in [1.54, 1.807) is 41.6 Å². The molecule has 2 heterocycles. The number of aromatic nitrogens is 1. The molecule has 0 saturated heterocycles. The van der Waals surface area contributed by atoms with E-state index >= 15 is 0 Å². The summed E-state index contributed by atoms with van der Waals surface area (Å²) >= 11 is 12.4. The van der Waals surface area contributed by atoms with Crippen LogP contribution < -0.4 is 15.4 Å². The van der Waals surface area contributed by atoms with Gasteiger partial charge in [0.25, 0.3) is 5.91 Å². The predicted octanol–water partition coefficient (Wildman–Crippen LogP) is 4.97. The van der Waals surface area contributed by atoms with Crippen LogP contribution in [-0.2, 0) is 6.42 Å². The number of ether oxygens (including phenoxy) is 1. The second-order valence-electron chi connectivity index (χ2n) is 6.15. The fraction of sp³-hybridized carbons (Fsp3) is 0.100. The molecule has 7 heteroatoms. The maximum atomic E-state index is 12.8. The molecule has 3 aromatic rings. The smallest absolute Gasteiger partial charge is 0.258 e. The van der Waals surface area contributed by atoms with Crippen LogP contribution in [0.4, 0.5) is 11.4 Å². The summed E-state index contributed by atoms with van der Waals surface area (Å²) in [6, 6.07) is 12.2. The molecule has 0 unspecified atom stereocenters. The lowest BCUT2D eigenvalue weighted by Gasteiger charge is -2.28. The standard InChI is InChI=1S/C20H15Cl2N3O2/c21-17-9-13(23)10-18(22)19(17)27-15-3-4-16-12(8-15)5-7-25(20(16)26)14-2-1-6-24-11-14/h1-4,6,8-11H,5,7,23H2. The first-order valence-corrected chi connectivity index (χ1v) is 9.06. The van der Waals surface area contributed by atoms with Crippen LogP contribution in [0.15, 0.2) is 54.9 Å². The van der Waals surface area contributed by atoms with Crippen molar-refractivity contribution >= 4 is 40.5 Å². The Hall–Kier alpha value is -2.76. The summed E-state index contributed by atoms with van der Waals surface area (Å²) in [6.07, 6.45) is 4.07. The first-order chi connectivity index (χ1) is 13.0. The third kappa shape index (κ3) is 3.44. The molecule has 1 aromatic heterocycles. The van der Waals surface area contributed by atoms with Crippen LogP contribution in [0, 0.1) is 0 Å². The van der Waals surface area contributed by atoms with Crippen molar-refractivity contribution in [3.05, 3.63) is 76.0 Å². The summed E-state index contributed by atoms with van der Waals surface area (Å²) in [4.78, 5) is 18.6. The number of nitrogens with zero attached hydrogens (tertiary/aromatic N) is 2. The lowest BCUT2D eigenvalue weighted by Crippen LogP contribution is -2.37. The van der Waals surface area contributed by atoms with E-state index in [1.807, 2.05) is 18.2 Å². The zero-order valence-electron chi connectivity index (χ0n) is 14.2.